The molecule has 4 aromatic rings. The van der Waals surface area contributed by atoms with E-state index in [4.69, 9.17) is 24.4 Å². The highest BCUT2D eigenvalue weighted by Gasteiger charge is 2.44. The molecule has 5 rings (SSSR count). The van der Waals surface area contributed by atoms with Gasteiger partial charge < -0.3 is 29.7 Å². The maximum Gasteiger partial charge on any atom is 0.344 e. The van der Waals surface area contributed by atoms with Crippen molar-refractivity contribution in [3.8, 4) is 17.2 Å². The number of nitrogens with one attached hydrogen (secondary N) is 1. The lowest BCUT2D eigenvalue weighted by Gasteiger charge is -2.19. The van der Waals surface area contributed by atoms with E-state index in [0.29, 0.717) is 39.5 Å². The van der Waals surface area contributed by atoms with Gasteiger partial charge in [-0.2, -0.15) is 0 Å². The number of hydrogen-bond donors (Lipinski definition) is 2. The molecule has 2 heterocycles. The zero-order valence-electron chi connectivity index (χ0n) is 19.2. The van der Waals surface area contributed by atoms with Crippen LogP contribution in [-0.4, -0.2) is 31.6 Å². The van der Waals surface area contributed by atoms with E-state index in [2.05, 4.69) is 5.32 Å². The summed E-state index contributed by atoms with van der Waals surface area (Å²) >= 11 is 0. The molecule has 0 saturated carbocycles. The van der Waals surface area contributed by atoms with Crippen LogP contribution in [0.4, 0.5) is 5.69 Å². The summed E-state index contributed by atoms with van der Waals surface area (Å²) in [5.41, 5.74) is 6.37. The smallest absolute Gasteiger partial charge is 0.344 e. The highest BCUT2D eigenvalue weighted by Crippen LogP contribution is 2.44. The number of benzene rings is 3. The van der Waals surface area contributed by atoms with Crippen molar-refractivity contribution >= 4 is 28.5 Å². The quantitative estimate of drug-likeness (QED) is 0.384. The summed E-state index contributed by atoms with van der Waals surface area (Å²) in [6.45, 7) is -0.267. The van der Waals surface area contributed by atoms with E-state index in [0.717, 1.165) is 0 Å². The van der Waals surface area contributed by atoms with E-state index in [1.165, 1.54) is 0 Å². The number of fused-ring (bicyclic) bond motifs is 3. The van der Waals surface area contributed by atoms with Gasteiger partial charge in [0.25, 0.3) is 11.8 Å². The summed E-state index contributed by atoms with van der Waals surface area (Å²) in [5, 5.41) is 3.45. The second-order valence-electron chi connectivity index (χ2n) is 8.19. The zero-order chi connectivity index (χ0) is 25.2. The van der Waals surface area contributed by atoms with Gasteiger partial charge in [0.05, 0.1) is 24.0 Å². The van der Waals surface area contributed by atoms with Crippen molar-refractivity contribution in [2.75, 3.05) is 19.0 Å². The van der Waals surface area contributed by atoms with Crippen LogP contribution >= 0.6 is 0 Å². The Morgan fingerprint density at radius 3 is 2.36 bits per heavy atom. The van der Waals surface area contributed by atoms with Crippen LogP contribution in [0.2, 0.25) is 0 Å². The molecule has 3 aromatic carbocycles. The number of nitrogens with two attached hydrogens (primary N) is 1. The van der Waals surface area contributed by atoms with Crippen LogP contribution in [-0.2, 0) is 9.59 Å². The van der Waals surface area contributed by atoms with Gasteiger partial charge in [0, 0.05) is 5.69 Å². The van der Waals surface area contributed by atoms with E-state index < -0.39 is 29.5 Å². The standard InChI is InChI=1S/C27H22N2O7/c1-33-17-12-8-16(9-13-17)29-26(31)25-22(15-6-10-18(11-7-15)34-14-21(28)30)23-24(36-25)19-4-2-3-5-20(19)35-27(23)32/h2-13,22,25H,14H2,1H3,(H2,28,30)(H,29,31). The van der Waals surface area contributed by atoms with E-state index in [-0.39, 0.29) is 12.2 Å². The Labute approximate surface area is 205 Å². The van der Waals surface area contributed by atoms with Crippen LogP contribution in [0.3, 0.4) is 0 Å². The van der Waals surface area contributed by atoms with Crippen LogP contribution in [0.25, 0.3) is 11.0 Å². The molecule has 9 heteroatoms. The van der Waals surface area contributed by atoms with Crippen molar-refractivity contribution in [3.63, 3.8) is 0 Å². The van der Waals surface area contributed by atoms with Crippen LogP contribution in [0.5, 0.6) is 17.2 Å². The molecule has 0 aliphatic carbocycles. The monoisotopic (exact) mass is 486 g/mol. The van der Waals surface area contributed by atoms with Gasteiger partial charge in [0.1, 0.15) is 22.8 Å². The lowest BCUT2D eigenvalue weighted by Crippen LogP contribution is -2.35. The summed E-state index contributed by atoms with van der Waals surface area (Å²) in [5.74, 6) is -0.393. The number of carbonyl (C=O) groups is 2. The number of methoxy groups -OCH3 is 1. The summed E-state index contributed by atoms with van der Waals surface area (Å²) in [7, 11) is 1.56. The molecule has 1 aliphatic rings. The molecule has 182 valence electrons. The first kappa shape index (κ1) is 23.0. The van der Waals surface area contributed by atoms with Crippen molar-refractivity contribution in [1.29, 1.82) is 0 Å². The number of amides is 2. The number of ether oxygens (including phenoxy) is 3. The van der Waals surface area contributed by atoms with Crippen LogP contribution in [0.1, 0.15) is 17.0 Å². The summed E-state index contributed by atoms with van der Waals surface area (Å²) in [6, 6.07) is 20.6. The van der Waals surface area contributed by atoms with E-state index in [1.54, 1.807) is 79.9 Å². The third-order valence-electron chi connectivity index (χ3n) is 5.89. The largest absolute Gasteiger partial charge is 0.497 e. The van der Waals surface area contributed by atoms with Crippen molar-refractivity contribution in [3.05, 3.63) is 94.3 Å². The van der Waals surface area contributed by atoms with E-state index in [9.17, 15) is 14.4 Å². The third-order valence-corrected chi connectivity index (χ3v) is 5.89. The zero-order valence-corrected chi connectivity index (χ0v) is 19.2. The fourth-order valence-corrected chi connectivity index (χ4v) is 4.24. The minimum absolute atomic E-state index is 0.259. The fraction of sp³-hybridized carbons (Fsp3) is 0.148. The predicted octanol–water partition coefficient (Wildman–Crippen LogP) is 3.20. The van der Waals surface area contributed by atoms with Gasteiger partial charge in [-0.1, -0.05) is 24.3 Å². The minimum atomic E-state index is -1.05. The van der Waals surface area contributed by atoms with Gasteiger partial charge in [0.2, 0.25) is 0 Å². The van der Waals surface area contributed by atoms with E-state index in [1.807, 2.05) is 0 Å². The van der Waals surface area contributed by atoms with Gasteiger partial charge in [-0.3, -0.25) is 9.59 Å². The Kier molecular flexibility index (Phi) is 6.03. The number of para-hydroxylation sites is 1. The van der Waals surface area contributed by atoms with Crippen molar-refractivity contribution in [1.82, 2.24) is 0 Å². The first-order valence-electron chi connectivity index (χ1n) is 11.1. The van der Waals surface area contributed by atoms with Gasteiger partial charge in [-0.15, -0.1) is 0 Å². The molecular formula is C27H22N2O7. The third kappa shape index (κ3) is 4.34. The second-order valence-corrected chi connectivity index (χ2v) is 8.19. The molecule has 1 aliphatic heterocycles. The van der Waals surface area contributed by atoms with Crippen LogP contribution in [0.15, 0.2) is 82.0 Å². The minimum Gasteiger partial charge on any atom is -0.497 e. The molecule has 36 heavy (non-hydrogen) atoms. The number of rotatable bonds is 7. The highest BCUT2D eigenvalue weighted by molar-refractivity contribution is 5.97. The Hall–Kier alpha value is -4.79. The Bertz CT molecular complexity index is 1490. The first-order chi connectivity index (χ1) is 17.4. The second kappa shape index (κ2) is 9.46. The normalized spacial score (nSPS) is 16.1. The molecule has 0 bridgehead atoms. The average molecular weight is 486 g/mol. The maximum atomic E-state index is 13.4. The molecule has 0 radical (unpaired) electrons. The lowest BCUT2D eigenvalue weighted by atomic mass is 9.88. The maximum absolute atomic E-state index is 13.4. The molecule has 2 atom stereocenters. The van der Waals surface area contributed by atoms with Gasteiger partial charge in [-0.05, 0) is 54.1 Å². The molecular weight excluding hydrogens is 464 g/mol. The predicted molar refractivity (Wildman–Crippen MR) is 131 cm³/mol. The van der Waals surface area contributed by atoms with Crippen molar-refractivity contribution < 1.29 is 28.2 Å². The number of primary amides is 1. The molecule has 0 spiro atoms. The molecule has 1 aromatic heterocycles. The van der Waals surface area contributed by atoms with E-state index >= 15 is 0 Å². The summed E-state index contributed by atoms with van der Waals surface area (Å²) in [4.78, 5) is 37.5. The van der Waals surface area contributed by atoms with Gasteiger partial charge >= 0.3 is 5.63 Å². The highest BCUT2D eigenvalue weighted by atomic mass is 16.5. The Morgan fingerprint density at radius 1 is 0.972 bits per heavy atom. The molecule has 3 N–H and O–H groups in total. The summed E-state index contributed by atoms with van der Waals surface area (Å²) < 4.78 is 22.2. The molecule has 2 amide bonds. The Balaban J connectivity index is 1.54. The van der Waals surface area contributed by atoms with Gasteiger partial charge in [-0.25, -0.2) is 4.79 Å². The van der Waals surface area contributed by atoms with Gasteiger partial charge in [0.15, 0.2) is 12.7 Å². The fourth-order valence-electron chi connectivity index (χ4n) is 4.24. The lowest BCUT2D eigenvalue weighted by molar-refractivity contribution is -0.122. The van der Waals surface area contributed by atoms with Crippen molar-refractivity contribution in [2.45, 2.75) is 12.0 Å². The average Bonchev–Trinajstić information content (AvgIpc) is 3.30. The van der Waals surface area contributed by atoms with Crippen LogP contribution in [0, 0.1) is 0 Å². The first-order valence-corrected chi connectivity index (χ1v) is 11.1. The SMILES string of the molecule is COc1ccc(NC(=O)C2Oc3c(c(=O)oc4ccccc34)C2c2ccc(OCC(N)=O)cc2)cc1. The van der Waals surface area contributed by atoms with Crippen LogP contribution < -0.4 is 30.9 Å². The topological polar surface area (TPSA) is 130 Å². The molecule has 2 unspecified atom stereocenters. The Morgan fingerprint density at radius 2 is 1.67 bits per heavy atom. The molecule has 0 saturated heterocycles. The summed E-state index contributed by atoms with van der Waals surface area (Å²) in [6.07, 6.45) is -1.05. The molecule has 0 fully saturated rings. The number of anilines is 1. The number of hydrogen-bond acceptors (Lipinski definition) is 7. The number of carbonyl (C=O) groups excluding carboxylic acids is 2. The van der Waals surface area contributed by atoms with Crippen molar-refractivity contribution in [2.24, 2.45) is 5.73 Å². The molecule has 9 nitrogen and oxygen atoms in total.